The van der Waals surface area contributed by atoms with Crippen molar-refractivity contribution in [1.29, 1.82) is 0 Å². The Labute approximate surface area is 236 Å². The second-order valence-electron chi connectivity index (χ2n) is 7.99. The van der Waals surface area contributed by atoms with Crippen LogP contribution < -0.4 is 0 Å². The van der Waals surface area contributed by atoms with Gasteiger partial charge in [0.05, 0.1) is 6.54 Å². The van der Waals surface area contributed by atoms with E-state index in [4.69, 9.17) is 9.68 Å². The summed E-state index contributed by atoms with van der Waals surface area (Å²) in [6.45, 7) is 6.15. The zero-order chi connectivity index (χ0) is 21.6. The average molecular weight is 462 g/mol. The van der Waals surface area contributed by atoms with Crippen LogP contribution in [0.2, 0.25) is 0 Å². The number of unbranched alkanes of at least 4 members (excludes halogenated alkanes) is 15. The molecule has 0 aliphatic rings. The molecule has 7 heteroatoms. The summed E-state index contributed by atoms with van der Waals surface area (Å²) < 4.78 is 0. The summed E-state index contributed by atoms with van der Waals surface area (Å²) in [6.07, 6.45) is 21.5. The molecule has 0 aromatic rings. The Bertz CT molecular complexity index is 380. The summed E-state index contributed by atoms with van der Waals surface area (Å²) in [7, 11) is 0. The van der Waals surface area contributed by atoms with Crippen molar-refractivity contribution in [2.24, 2.45) is 0 Å². The van der Waals surface area contributed by atoms with Gasteiger partial charge in [-0.25, -0.2) is 0 Å². The van der Waals surface area contributed by atoms with E-state index in [-0.39, 0.29) is 83.9 Å². The van der Waals surface area contributed by atoms with Crippen LogP contribution in [0.15, 0.2) is 0 Å². The molecule has 0 fully saturated rings. The third-order valence-electron chi connectivity index (χ3n) is 5.18. The predicted octanol–water partition coefficient (Wildman–Crippen LogP) is 5.99. The molecule has 0 bridgehead atoms. The van der Waals surface area contributed by atoms with Crippen molar-refractivity contribution in [1.82, 2.24) is 5.23 Å². The first-order valence-electron chi connectivity index (χ1n) is 12.3. The van der Waals surface area contributed by atoms with E-state index in [9.17, 15) is 9.59 Å². The zero-order valence-electron chi connectivity index (χ0n) is 19.5. The van der Waals surface area contributed by atoms with Crippen LogP contribution >= 0.6 is 0 Å². The predicted molar refractivity (Wildman–Crippen MR) is 133 cm³/mol. The molecule has 0 N–H and O–H groups in total. The zero-order valence-corrected chi connectivity index (χ0v) is 19.5. The summed E-state index contributed by atoms with van der Waals surface area (Å²) in [5.41, 5.74) is 0. The van der Waals surface area contributed by atoms with Gasteiger partial charge in [0.25, 0.3) is 0 Å². The van der Waals surface area contributed by atoms with Gasteiger partial charge in [0.1, 0.15) is 0 Å². The maximum atomic E-state index is 11.4. The van der Waals surface area contributed by atoms with E-state index >= 15 is 0 Å². The molecule has 0 saturated heterocycles. The molecule has 0 radical (unpaired) electrons. The van der Waals surface area contributed by atoms with Gasteiger partial charge >= 0.3 is 71.1 Å². The Hall–Kier alpha value is 0.900. The SMILES string of the molecule is CCCCCCCCCCCCCCCCCCN(OC(=O)CC)OC(=O)CC.[NaH].[NaH]. The molecule has 176 valence electrons. The molecule has 0 aliphatic heterocycles. The van der Waals surface area contributed by atoms with Gasteiger partial charge in [0, 0.05) is 18.1 Å². The Morgan fingerprint density at radius 3 is 1.10 bits per heavy atom. The molecule has 0 unspecified atom stereocenters. The molecule has 0 aromatic carbocycles. The van der Waals surface area contributed by atoms with E-state index in [0.717, 1.165) is 18.1 Å². The first-order chi connectivity index (χ1) is 14.1. The number of rotatable bonds is 21. The van der Waals surface area contributed by atoms with Crippen LogP contribution in [-0.4, -0.2) is 82.8 Å². The average Bonchev–Trinajstić information content (AvgIpc) is 2.72. The number of hydrogen-bond donors (Lipinski definition) is 0. The molecular formula is C24H49NNa2O4. The molecule has 5 nitrogen and oxygen atoms in total. The van der Waals surface area contributed by atoms with Gasteiger partial charge in [-0.05, 0) is 6.42 Å². The van der Waals surface area contributed by atoms with Crippen molar-refractivity contribution in [3.63, 3.8) is 0 Å². The van der Waals surface area contributed by atoms with E-state index in [0.29, 0.717) is 6.54 Å². The van der Waals surface area contributed by atoms with Gasteiger partial charge in [-0.2, -0.15) is 0 Å². The van der Waals surface area contributed by atoms with Crippen molar-refractivity contribution in [3.8, 4) is 0 Å². The summed E-state index contributed by atoms with van der Waals surface area (Å²) >= 11 is 0. The minimum atomic E-state index is -0.384. The molecule has 0 aromatic heterocycles. The number of carbonyl (C=O) groups is 2. The van der Waals surface area contributed by atoms with Gasteiger partial charge in [-0.1, -0.05) is 117 Å². The van der Waals surface area contributed by atoms with Crippen molar-refractivity contribution in [3.05, 3.63) is 0 Å². The summed E-state index contributed by atoms with van der Waals surface area (Å²) in [6, 6.07) is 0. The van der Waals surface area contributed by atoms with Gasteiger partial charge in [0.2, 0.25) is 0 Å². The van der Waals surface area contributed by atoms with E-state index in [1.54, 1.807) is 13.8 Å². The molecule has 31 heavy (non-hydrogen) atoms. The third kappa shape index (κ3) is 27.0. The topological polar surface area (TPSA) is 55.8 Å². The Kier molecular flexibility index (Phi) is 34.0. The summed E-state index contributed by atoms with van der Waals surface area (Å²) in [5.74, 6) is -0.768. The van der Waals surface area contributed by atoms with Crippen LogP contribution in [0.4, 0.5) is 0 Å². The maximum absolute atomic E-state index is 11.4. The van der Waals surface area contributed by atoms with Crippen molar-refractivity contribution >= 4 is 71.1 Å². The van der Waals surface area contributed by atoms with E-state index in [1.807, 2.05) is 0 Å². The third-order valence-corrected chi connectivity index (χ3v) is 5.18. The van der Waals surface area contributed by atoms with Crippen molar-refractivity contribution in [2.45, 2.75) is 136 Å². The Balaban J connectivity index is -0.00000392. The molecule has 0 heterocycles. The normalized spacial score (nSPS) is 10.3. The van der Waals surface area contributed by atoms with E-state index in [2.05, 4.69) is 6.92 Å². The van der Waals surface area contributed by atoms with Gasteiger partial charge in [0.15, 0.2) is 0 Å². The molecule has 0 spiro atoms. The molecule has 0 rings (SSSR count). The van der Waals surface area contributed by atoms with Crippen molar-refractivity contribution < 1.29 is 19.3 Å². The Morgan fingerprint density at radius 2 is 0.806 bits per heavy atom. The van der Waals surface area contributed by atoms with Gasteiger partial charge in [-0.15, -0.1) is 0 Å². The van der Waals surface area contributed by atoms with Crippen LogP contribution in [0, 0.1) is 0 Å². The fraction of sp³-hybridized carbons (Fsp3) is 0.917. The standard InChI is InChI=1S/C24H47NO4.2Na.2H/c1-4-7-8-9-10-11-12-13-14-15-16-17-18-19-20-21-22-25(28-23(26)5-2)29-24(27)6-3;;;;/h4-22H2,1-3H3;;;;. The van der Waals surface area contributed by atoms with Gasteiger partial charge < -0.3 is 9.68 Å². The van der Waals surface area contributed by atoms with Crippen molar-refractivity contribution in [2.75, 3.05) is 6.54 Å². The minimum absolute atomic E-state index is 0. The number of hydrogen-bond acceptors (Lipinski definition) is 5. The second-order valence-corrected chi connectivity index (χ2v) is 7.99. The number of hydroxylamine groups is 2. The van der Waals surface area contributed by atoms with Crippen LogP contribution in [0.1, 0.15) is 136 Å². The quantitative estimate of drug-likeness (QED) is 0.119. The molecule has 0 atom stereocenters. The first kappa shape index (κ1) is 36.5. The second kappa shape index (κ2) is 28.9. The van der Waals surface area contributed by atoms with Crippen LogP contribution in [-0.2, 0) is 19.3 Å². The molecular weight excluding hydrogens is 412 g/mol. The number of carbonyl (C=O) groups excluding carboxylic acids is 2. The fourth-order valence-corrected chi connectivity index (χ4v) is 3.26. The fourth-order valence-electron chi connectivity index (χ4n) is 3.26. The monoisotopic (exact) mass is 461 g/mol. The summed E-state index contributed by atoms with van der Waals surface area (Å²) in [4.78, 5) is 32.9. The number of nitrogens with zero attached hydrogens (tertiary/aromatic N) is 1. The van der Waals surface area contributed by atoms with Crippen LogP contribution in [0.25, 0.3) is 0 Å². The van der Waals surface area contributed by atoms with E-state index in [1.165, 1.54) is 89.9 Å². The van der Waals surface area contributed by atoms with Crippen LogP contribution in [0.3, 0.4) is 0 Å². The molecule has 0 aliphatic carbocycles. The Morgan fingerprint density at radius 1 is 0.516 bits per heavy atom. The summed E-state index contributed by atoms with van der Waals surface area (Å²) in [5, 5.41) is 1.06. The first-order valence-corrected chi connectivity index (χ1v) is 12.3. The van der Waals surface area contributed by atoms with Crippen LogP contribution in [0.5, 0.6) is 0 Å². The van der Waals surface area contributed by atoms with E-state index < -0.39 is 0 Å². The van der Waals surface area contributed by atoms with Gasteiger partial charge in [-0.3, -0.25) is 9.59 Å². The molecule has 0 saturated carbocycles. The molecule has 0 amide bonds.